The second-order valence-corrected chi connectivity index (χ2v) is 2.66. The molecule has 0 saturated carbocycles. The van der Waals surface area contributed by atoms with E-state index in [1.807, 2.05) is 25.5 Å². The fourth-order valence-electron chi connectivity index (χ4n) is 1.02. The van der Waals surface area contributed by atoms with Crippen LogP contribution in [0.5, 0.6) is 5.75 Å². The number of carbonyl (C=O) groups is 1. The van der Waals surface area contributed by atoms with Gasteiger partial charge in [-0.1, -0.05) is 0 Å². The average molecular weight is 169 g/mol. The highest BCUT2D eigenvalue weighted by molar-refractivity contribution is 5.61. The zero-order chi connectivity index (χ0) is 9.30. The van der Waals surface area contributed by atoms with Gasteiger partial charge < -0.3 is 14.4 Å². The third-order valence-electron chi connectivity index (χ3n) is 1.93. The van der Waals surface area contributed by atoms with Crippen molar-refractivity contribution in [3.8, 4) is 5.75 Å². The quantitative estimate of drug-likeness (QED) is 0.651. The lowest BCUT2D eigenvalue weighted by Gasteiger charge is -2.00. The molecule has 0 aliphatic rings. The van der Waals surface area contributed by atoms with E-state index in [1.165, 1.54) is 0 Å². The Morgan fingerprint density at radius 3 is 2.50 bits per heavy atom. The molecule has 0 amide bonds. The summed E-state index contributed by atoms with van der Waals surface area (Å²) < 4.78 is 6.42. The van der Waals surface area contributed by atoms with Crippen molar-refractivity contribution in [2.45, 2.75) is 13.8 Å². The Balaban J connectivity index is 3.01. The van der Waals surface area contributed by atoms with Gasteiger partial charge in [0.05, 0.1) is 5.69 Å². The second kappa shape index (κ2) is 2.89. The molecular formula is C8H11NO3. The minimum atomic E-state index is -1.27. The first-order valence-electron chi connectivity index (χ1n) is 3.56. The predicted molar refractivity (Wildman–Crippen MR) is 43.5 cm³/mol. The molecule has 1 N–H and O–H groups in total. The topological polar surface area (TPSA) is 51.5 Å². The molecule has 0 bridgehead atoms. The summed E-state index contributed by atoms with van der Waals surface area (Å²) in [6.45, 7) is 3.70. The van der Waals surface area contributed by atoms with Crippen LogP contribution in [-0.4, -0.2) is 15.8 Å². The molecule has 0 aliphatic heterocycles. The maximum atomic E-state index is 10.2. The molecule has 1 aromatic rings. The van der Waals surface area contributed by atoms with Crippen LogP contribution < -0.4 is 4.74 Å². The number of carboxylic acid groups (broad SMARTS) is 1. The normalized spacial score (nSPS) is 9.92. The van der Waals surface area contributed by atoms with Crippen LogP contribution in [0.3, 0.4) is 0 Å². The van der Waals surface area contributed by atoms with Crippen molar-refractivity contribution < 1.29 is 14.6 Å². The van der Waals surface area contributed by atoms with Crippen molar-refractivity contribution in [3.63, 3.8) is 0 Å². The number of ether oxygens (including phenoxy) is 1. The van der Waals surface area contributed by atoms with E-state index in [1.54, 1.807) is 6.07 Å². The molecule has 0 saturated heterocycles. The van der Waals surface area contributed by atoms with Crippen LogP contribution in [0, 0.1) is 13.8 Å². The summed E-state index contributed by atoms with van der Waals surface area (Å²) in [7, 11) is 1.86. The van der Waals surface area contributed by atoms with E-state index in [4.69, 9.17) is 5.11 Å². The molecule has 0 fully saturated rings. The van der Waals surface area contributed by atoms with Crippen molar-refractivity contribution in [2.75, 3.05) is 0 Å². The van der Waals surface area contributed by atoms with Gasteiger partial charge in [-0.2, -0.15) is 0 Å². The minimum absolute atomic E-state index is 0.405. The molecule has 0 unspecified atom stereocenters. The maximum Gasteiger partial charge on any atom is 0.511 e. The van der Waals surface area contributed by atoms with E-state index >= 15 is 0 Å². The van der Waals surface area contributed by atoms with Crippen LogP contribution in [0.2, 0.25) is 0 Å². The van der Waals surface area contributed by atoms with Gasteiger partial charge in [-0.3, -0.25) is 0 Å². The van der Waals surface area contributed by atoms with Crippen LogP contribution in [-0.2, 0) is 7.05 Å². The summed E-state index contributed by atoms with van der Waals surface area (Å²) in [5.41, 5.74) is 1.79. The van der Waals surface area contributed by atoms with Gasteiger partial charge in [-0.05, 0) is 13.8 Å². The zero-order valence-electron chi connectivity index (χ0n) is 7.29. The van der Waals surface area contributed by atoms with Gasteiger partial charge in [0.1, 0.15) is 0 Å². The molecule has 0 atom stereocenters. The molecule has 12 heavy (non-hydrogen) atoms. The average Bonchev–Trinajstić information content (AvgIpc) is 2.17. The standard InChI is InChI=1S/C8H11NO3/c1-5-4-7(12-8(10)11)6(2)9(5)3/h4H,1-3H3,(H,10,11). The molecule has 0 aliphatic carbocycles. The lowest BCUT2D eigenvalue weighted by atomic mass is 10.4. The Hall–Kier alpha value is -1.45. The third kappa shape index (κ3) is 1.42. The number of aromatic nitrogens is 1. The van der Waals surface area contributed by atoms with Crippen molar-refractivity contribution >= 4 is 6.16 Å². The molecule has 1 rings (SSSR count). The Morgan fingerprint density at radius 2 is 2.17 bits per heavy atom. The highest BCUT2D eigenvalue weighted by Gasteiger charge is 2.09. The lowest BCUT2D eigenvalue weighted by Crippen LogP contribution is -2.03. The maximum absolute atomic E-state index is 10.2. The number of aryl methyl sites for hydroxylation is 1. The largest absolute Gasteiger partial charge is 0.511 e. The van der Waals surface area contributed by atoms with E-state index in [9.17, 15) is 4.79 Å². The van der Waals surface area contributed by atoms with Gasteiger partial charge in [0.25, 0.3) is 0 Å². The van der Waals surface area contributed by atoms with Crippen molar-refractivity contribution in [2.24, 2.45) is 7.05 Å². The van der Waals surface area contributed by atoms with Crippen LogP contribution in [0.25, 0.3) is 0 Å². The van der Waals surface area contributed by atoms with E-state index in [-0.39, 0.29) is 0 Å². The molecule has 66 valence electrons. The fourth-order valence-corrected chi connectivity index (χ4v) is 1.02. The molecule has 0 radical (unpaired) electrons. The summed E-state index contributed by atoms with van der Waals surface area (Å²) >= 11 is 0. The molecule has 4 heteroatoms. The summed E-state index contributed by atoms with van der Waals surface area (Å²) in [5, 5.41) is 8.36. The van der Waals surface area contributed by atoms with Crippen molar-refractivity contribution in [3.05, 3.63) is 17.5 Å². The molecule has 0 aromatic carbocycles. The SMILES string of the molecule is Cc1cc(OC(=O)O)c(C)n1C. The van der Waals surface area contributed by atoms with Crippen LogP contribution in [0.15, 0.2) is 6.07 Å². The van der Waals surface area contributed by atoms with Crippen LogP contribution in [0.1, 0.15) is 11.4 Å². The Bertz CT molecular complexity index is 314. The minimum Gasteiger partial charge on any atom is -0.449 e. The predicted octanol–water partition coefficient (Wildman–Crippen LogP) is 1.70. The van der Waals surface area contributed by atoms with Gasteiger partial charge in [0.15, 0.2) is 5.75 Å². The van der Waals surface area contributed by atoms with Crippen molar-refractivity contribution in [1.29, 1.82) is 0 Å². The lowest BCUT2D eigenvalue weighted by molar-refractivity contribution is 0.144. The van der Waals surface area contributed by atoms with E-state index in [0.29, 0.717) is 5.75 Å². The Morgan fingerprint density at radius 1 is 1.58 bits per heavy atom. The van der Waals surface area contributed by atoms with E-state index < -0.39 is 6.16 Å². The number of hydrogen-bond acceptors (Lipinski definition) is 2. The van der Waals surface area contributed by atoms with Gasteiger partial charge >= 0.3 is 6.16 Å². The molecular weight excluding hydrogens is 158 g/mol. The van der Waals surface area contributed by atoms with Gasteiger partial charge in [-0.15, -0.1) is 0 Å². The highest BCUT2D eigenvalue weighted by atomic mass is 16.7. The van der Waals surface area contributed by atoms with E-state index in [0.717, 1.165) is 11.4 Å². The second-order valence-electron chi connectivity index (χ2n) is 2.66. The first kappa shape index (κ1) is 8.64. The first-order chi connectivity index (χ1) is 5.52. The molecule has 4 nitrogen and oxygen atoms in total. The van der Waals surface area contributed by atoms with Gasteiger partial charge in [-0.25, -0.2) is 4.79 Å². The number of rotatable bonds is 1. The van der Waals surface area contributed by atoms with Crippen LogP contribution in [0.4, 0.5) is 4.79 Å². The molecule has 1 aromatic heterocycles. The smallest absolute Gasteiger partial charge is 0.449 e. The Labute approximate surface area is 70.4 Å². The monoisotopic (exact) mass is 169 g/mol. The summed E-state index contributed by atoms with van der Waals surface area (Å²) in [6, 6.07) is 1.70. The van der Waals surface area contributed by atoms with Crippen molar-refractivity contribution in [1.82, 2.24) is 4.57 Å². The van der Waals surface area contributed by atoms with E-state index in [2.05, 4.69) is 4.74 Å². The van der Waals surface area contributed by atoms with Gasteiger partial charge in [0.2, 0.25) is 0 Å². The highest BCUT2D eigenvalue weighted by Crippen LogP contribution is 2.21. The van der Waals surface area contributed by atoms with Gasteiger partial charge in [0, 0.05) is 18.8 Å². The molecule has 1 heterocycles. The summed E-state index contributed by atoms with van der Waals surface area (Å²) in [6.07, 6.45) is -1.27. The molecule has 0 spiro atoms. The first-order valence-corrected chi connectivity index (χ1v) is 3.56. The number of hydrogen-bond donors (Lipinski definition) is 1. The summed E-state index contributed by atoms with van der Waals surface area (Å²) in [4.78, 5) is 10.2. The zero-order valence-corrected chi connectivity index (χ0v) is 7.29. The fraction of sp³-hybridized carbons (Fsp3) is 0.375. The third-order valence-corrected chi connectivity index (χ3v) is 1.93. The number of nitrogens with zero attached hydrogens (tertiary/aromatic N) is 1. The van der Waals surface area contributed by atoms with Crippen LogP contribution >= 0.6 is 0 Å². The summed E-state index contributed by atoms with van der Waals surface area (Å²) in [5.74, 6) is 0.405. The Kier molecular flexibility index (Phi) is 2.08.